The molecule has 2 aliphatic rings. The highest BCUT2D eigenvalue weighted by atomic mass is 16.5. The minimum absolute atomic E-state index is 0.0766. The van der Waals surface area contributed by atoms with Gasteiger partial charge < -0.3 is 19.5 Å². The number of nitrogens with zero attached hydrogens (tertiary/aromatic N) is 3. The van der Waals surface area contributed by atoms with E-state index < -0.39 is 17.7 Å². The van der Waals surface area contributed by atoms with Crippen LogP contribution in [0.3, 0.4) is 0 Å². The molecule has 0 radical (unpaired) electrons. The number of morpholine rings is 1. The summed E-state index contributed by atoms with van der Waals surface area (Å²) in [4.78, 5) is 34.4. The molecule has 3 heterocycles. The second-order valence-corrected chi connectivity index (χ2v) is 9.38. The Labute approximate surface area is 222 Å². The Hall–Kier alpha value is -4.01. The van der Waals surface area contributed by atoms with Crippen molar-refractivity contribution >= 4 is 17.4 Å². The number of hydrogen-bond acceptors (Lipinski definition) is 7. The van der Waals surface area contributed by atoms with Crippen LogP contribution in [0.5, 0.6) is 5.75 Å². The smallest absolute Gasteiger partial charge is 0.295 e. The molecule has 2 fully saturated rings. The lowest BCUT2D eigenvalue weighted by atomic mass is 9.95. The number of hydrogen-bond donors (Lipinski definition) is 1. The fraction of sp³-hybridized carbons (Fsp3) is 0.300. The summed E-state index contributed by atoms with van der Waals surface area (Å²) in [5.74, 6) is -0.884. The van der Waals surface area contributed by atoms with Gasteiger partial charge in [-0.05, 0) is 41.8 Å². The van der Waals surface area contributed by atoms with Crippen molar-refractivity contribution in [2.24, 2.45) is 0 Å². The van der Waals surface area contributed by atoms with Gasteiger partial charge in [0.15, 0.2) is 0 Å². The zero-order valence-electron chi connectivity index (χ0n) is 21.2. The first-order valence-corrected chi connectivity index (χ1v) is 12.9. The van der Waals surface area contributed by atoms with Crippen molar-refractivity contribution in [2.45, 2.75) is 19.1 Å². The van der Waals surface area contributed by atoms with E-state index in [1.54, 1.807) is 29.4 Å². The zero-order chi connectivity index (χ0) is 26.3. The van der Waals surface area contributed by atoms with Crippen LogP contribution in [-0.2, 0) is 20.9 Å². The second kappa shape index (κ2) is 12.0. The van der Waals surface area contributed by atoms with Crippen molar-refractivity contribution in [3.63, 3.8) is 0 Å². The highest BCUT2D eigenvalue weighted by Crippen LogP contribution is 2.40. The van der Waals surface area contributed by atoms with E-state index in [4.69, 9.17) is 9.47 Å². The maximum atomic E-state index is 13.3. The number of Topliss-reactive ketones (excluding diaryl/α,β-unsaturated/α-hetero) is 1. The predicted molar refractivity (Wildman–Crippen MR) is 142 cm³/mol. The monoisotopic (exact) mass is 513 g/mol. The van der Waals surface area contributed by atoms with E-state index in [0.717, 1.165) is 25.2 Å². The summed E-state index contributed by atoms with van der Waals surface area (Å²) in [6.07, 6.45) is 3.78. The molecule has 1 unspecified atom stereocenters. The van der Waals surface area contributed by atoms with E-state index in [9.17, 15) is 14.7 Å². The highest BCUT2D eigenvalue weighted by molar-refractivity contribution is 6.46. The molecule has 2 saturated heterocycles. The summed E-state index contributed by atoms with van der Waals surface area (Å²) in [5, 5.41) is 11.2. The number of aliphatic hydroxyl groups excluding tert-OH is 1. The quantitative estimate of drug-likeness (QED) is 0.264. The lowest BCUT2D eigenvalue weighted by Crippen LogP contribution is -2.38. The number of aromatic nitrogens is 1. The Kier molecular flexibility index (Phi) is 8.11. The molecule has 0 bridgehead atoms. The summed E-state index contributed by atoms with van der Waals surface area (Å²) in [5.41, 5.74) is 2.25. The van der Waals surface area contributed by atoms with Gasteiger partial charge in [-0.15, -0.1) is 0 Å². The molecule has 2 aliphatic heterocycles. The molecule has 8 heteroatoms. The number of likely N-dealkylation sites (tertiary alicyclic amines) is 1. The number of aliphatic hydroxyl groups is 1. The first-order chi connectivity index (χ1) is 18.6. The Morgan fingerprint density at radius 2 is 1.74 bits per heavy atom. The molecule has 1 amide bonds. The molecule has 3 aromatic rings. The van der Waals surface area contributed by atoms with Crippen LogP contribution in [0.15, 0.2) is 84.7 Å². The van der Waals surface area contributed by atoms with Gasteiger partial charge in [0.2, 0.25) is 0 Å². The number of benzene rings is 2. The number of amides is 1. The molecule has 1 aromatic heterocycles. The predicted octanol–water partition coefficient (Wildman–Crippen LogP) is 3.80. The van der Waals surface area contributed by atoms with Crippen molar-refractivity contribution in [1.82, 2.24) is 14.8 Å². The Bertz CT molecular complexity index is 1290. The Morgan fingerprint density at radius 3 is 2.50 bits per heavy atom. The minimum atomic E-state index is -0.729. The normalized spacial score (nSPS) is 19.6. The van der Waals surface area contributed by atoms with Gasteiger partial charge in [-0.25, -0.2) is 0 Å². The fourth-order valence-electron chi connectivity index (χ4n) is 4.93. The molecule has 0 saturated carbocycles. The van der Waals surface area contributed by atoms with Crippen LogP contribution in [0.2, 0.25) is 0 Å². The van der Waals surface area contributed by atoms with E-state index in [1.165, 1.54) is 0 Å². The summed E-state index contributed by atoms with van der Waals surface area (Å²) >= 11 is 0. The third-order valence-electron chi connectivity index (χ3n) is 6.89. The third-order valence-corrected chi connectivity index (χ3v) is 6.89. The van der Waals surface area contributed by atoms with E-state index >= 15 is 0 Å². The summed E-state index contributed by atoms with van der Waals surface area (Å²) in [6.45, 7) is 4.67. The topological polar surface area (TPSA) is 92.2 Å². The van der Waals surface area contributed by atoms with E-state index in [1.807, 2.05) is 54.6 Å². The number of carbonyl (C=O) groups is 2. The maximum Gasteiger partial charge on any atom is 0.295 e. The van der Waals surface area contributed by atoms with Gasteiger partial charge in [-0.3, -0.25) is 19.5 Å². The number of ketones is 1. The number of carbonyl (C=O) groups excluding carboxylic acids is 2. The molecule has 196 valence electrons. The van der Waals surface area contributed by atoms with Crippen LogP contribution >= 0.6 is 0 Å². The van der Waals surface area contributed by atoms with E-state index in [2.05, 4.69) is 9.88 Å². The van der Waals surface area contributed by atoms with Gasteiger partial charge in [-0.2, -0.15) is 0 Å². The molecule has 38 heavy (non-hydrogen) atoms. The average Bonchev–Trinajstić information content (AvgIpc) is 3.22. The molecular formula is C30H31N3O5. The summed E-state index contributed by atoms with van der Waals surface area (Å²) in [7, 11) is 0. The van der Waals surface area contributed by atoms with Crippen LogP contribution < -0.4 is 4.74 Å². The molecule has 1 atom stereocenters. The van der Waals surface area contributed by atoms with Gasteiger partial charge in [0.05, 0.1) is 24.8 Å². The average molecular weight is 514 g/mol. The second-order valence-electron chi connectivity index (χ2n) is 9.38. The SMILES string of the molecule is O=C1C(=O)N(CCCN2CCOCC2)C(c2cccc(OCc3ccccc3)c2)/C1=C(\O)c1ccncc1. The Morgan fingerprint density at radius 1 is 0.974 bits per heavy atom. The highest BCUT2D eigenvalue weighted by Gasteiger charge is 2.46. The van der Waals surface area contributed by atoms with Crippen molar-refractivity contribution < 1.29 is 24.2 Å². The van der Waals surface area contributed by atoms with E-state index in [-0.39, 0.29) is 11.3 Å². The van der Waals surface area contributed by atoms with Crippen LogP contribution in [0.1, 0.15) is 29.2 Å². The maximum absolute atomic E-state index is 13.3. The number of rotatable bonds is 9. The van der Waals surface area contributed by atoms with Gasteiger partial charge >= 0.3 is 0 Å². The molecule has 1 N–H and O–H groups in total. The van der Waals surface area contributed by atoms with Gasteiger partial charge in [0.1, 0.15) is 18.1 Å². The first kappa shape index (κ1) is 25.6. The molecule has 0 spiro atoms. The number of pyridine rings is 1. The lowest BCUT2D eigenvalue weighted by molar-refractivity contribution is -0.140. The molecular weight excluding hydrogens is 482 g/mol. The van der Waals surface area contributed by atoms with Crippen LogP contribution in [0, 0.1) is 0 Å². The Balaban J connectivity index is 1.44. The van der Waals surface area contributed by atoms with Gasteiger partial charge in [-0.1, -0.05) is 42.5 Å². The third kappa shape index (κ3) is 5.77. The molecule has 8 nitrogen and oxygen atoms in total. The van der Waals surface area contributed by atoms with Gasteiger partial charge in [0.25, 0.3) is 11.7 Å². The largest absolute Gasteiger partial charge is 0.507 e. The van der Waals surface area contributed by atoms with Crippen molar-refractivity contribution in [3.8, 4) is 5.75 Å². The molecule has 5 rings (SSSR count). The van der Waals surface area contributed by atoms with Crippen LogP contribution in [-0.4, -0.2) is 71.0 Å². The van der Waals surface area contributed by atoms with E-state index in [0.29, 0.717) is 49.7 Å². The lowest BCUT2D eigenvalue weighted by Gasteiger charge is -2.29. The van der Waals surface area contributed by atoms with Crippen LogP contribution in [0.25, 0.3) is 5.76 Å². The minimum Gasteiger partial charge on any atom is -0.507 e. The fourth-order valence-corrected chi connectivity index (χ4v) is 4.93. The molecule has 2 aromatic carbocycles. The first-order valence-electron chi connectivity index (χ1n) is 12.9. The molecule has 0 aliphatic carbocycles. The van der Waals surface area contributed by atoms with Crippen LogP contribution in [0.4, 0.5) is 0 Å². The van der Waals surface area contributed by atoms with Crippen molar-refractivity contribution in [2.75, 3.05) is 39.4 Å². The summed E-state index contributed by atoms with van der Waals surface area (Å²) < 4.78 is 11.5. The zero-order valence-corrected chi connectivity index (χ0v) is 21.2. The number of ether oxygens (including phenoxy) is 2. The summed E-state index contributed by atoms with van der Waals surface area (Å²) in [6, 6.07) is 19.8. The van der Waals surface area contributed by atoms with Gasteiger partial charge in [0, 0.05) is 44.1 Å². The van der Waals surface area contributed by atoms with Crippen molar-refractivity contribution in [1.29, 1.82) is 0 Å². The van der Waals surface area contributed by atoms with Crippen molar-refractivity contribution in [3.05, 3.63) is 101 Å². The standard InChI is InChI=1S/C30H31N3O5/c34-28(23-10-12-31-13-11-23)26-27(24-8-4-9-25(20-24)38-21-22-6-2-1-3-7-22)33(30(36)29(26)35)15-5-14-32-16-18-37-19-17-32/h1-4,6-13,20,27,34H,5,14-19,21H2/b28-26+.